The second-order valence-corrected chi connectivity index (χ2v) is 7.66. The fourth-order valence-electron chi connectivity index (χ4n) is 3.65. The van der Waals surface area contributed by atoms with Crippen LogP contribution < -0.4 is 5.32 Å². The number of carbonyl (C=O) groups is 1. The molecule has 1 aromatic carbocycles. The normalized spacial score (nSPS) is 19.2. The molecule has 31 heavy (non-hydrogen) atoms. The van der Waals surface area contributed by atoms with Gasteiger partial charge in [0.25, 0.3) is 0 Å². The van der Waals surface area contributed by atoms with Gasteiger partial charge in [0, 0.05) is 25.7 Å². The van der Waals surface area contributed by atoms with E-state index in [1.165, 1.54) is 24.0 Å². The highest BCUT2D eigenvalue weighted by Crippen LogP contribution is 2.30. The Bertz CT molecular complexity index is 862. The van der Waals surface area contributed by atoms with E-state index in [4.69, 9.17) is 0 Å². The van der Waals surface area contributed by atoms with Gasteiger partial charge in [-0.25, -0.2) is 0 Å². The number of aldehydes is 1. The molecule has 3 rings (SSSR count). The van der Waals surface area contributed by atoms with Crippen molar-refractivity contribution in [2.24, 2.45) is 5.10 Å². The molecule has 1 atom stereocenters. The third-order valence-corrected chi connectivity index (χ3v) is 5.31. The van der Waals surface area contributed by atoms with Gasteiger partial charge in [0.1, 0.15) is 5.71 Å². The molecule has 0 radical (unpaired) electrons. The highest BCUT2D eigenvalue weighted by Gasteiger charge is 2.26. The fourth-order valence-corrected chi connectivity index (χ4v) is 3.65. The Labute approximate surface area is 187 Å². The highest BCUT2D eigenvalue weighted by molar-refractivity contribution is 6.28. The SMILES string of the molecule is C=C/C(NC)=C1/C=CC=CC(=C)C1.CCCCCN1N=C(C=O)CC1c1ccccc1. The van der Waals surface area contributed by atoms with Crippen LogP contribution >= 0.6 is 0 Å². The van der Waals surface area contributed by atoms with Crippen molar-refractivity contribution in [3.63, 3.8) is 0 Å². The zero-order valence-corrected chi connectivity index (χ0v) is 18.9. The first-order chi connectivity index (χ1) is 15.1. The number of nitrogens with one attached hydrogen (secondary N) is 1. The lowest BCUT2D eigenvalue weighted by atomic mass is 10.0. The van der Waals surface area contributed by atoms with Gasteiger partial charge in [-0.05, 0) is 30.1 Å². The molecule has 1 heterocycles. The molecule has 1 unspecified atom stereocenters. The Morgan fingerprint density at radius 1 is 1.23 bits per heavy atom. The maximum Gasteiger partial charge on any atom is 0.166 e. The lowest BCUT2D eigenvalue weighted by Crippen LogP contribution is -2.20. The molecule has 1 N–H and O–H groups in total. The zero-order chi connectivity index (χ0) is 22.5. The summed E-state index contributed by atoms with van der Waals surface area (Å²) >= 11 is 0. The van der Waals surface area contributed by atoms with E-state index in [0.29, 0.717) is 5.71 Å². The number of likely N-dealkylation sites (N-methyl/N-ethyl adjacent to an activating group) is 1. The third-order valence-electron chi connectivity index (χ3n) is 5.31. The van der Waals surface area contributed by atoms with Crippen LogP contribution in [0.2, 0.25) is 0 Å². The lowest BCUT2D eigenvalue weighted by Gasteiger charge is -2.23. The minimum atomic E-state index is 0.239. The number of hydrogen-bond donors (Lipinski definition) is 1. The monoisotopic (exact) mass is 417 g/mol. The van der Waals surface area contributed by atoms with E-state index in [0.717, 1.165) is 43.4 Å². The van der Waals surface area contributed by atoms with Crippen LogP contribution in [0.25, 0.3) is 0 Å². The molecule has 4 heteroatoms. The van der Waals surface area contributed by atoms with Crippen LogP contribution in [-0.2, 0) is 4.79 Å². The Balaban J connectivity index is 0.000000233. The number of hydrazone groups is 1. The maximum atomic E-state index is 10.9. The summed E-state index contributed by atoms with van der Waals surface area (Å²) in [5.41, 5.74) is 5.33. The molecule has 0 fully saturated rings. The van der Waals surface area contributed by atoms with Crippen LogP contribution in [0.5, 0.6) is 0 Å². The van der Waals surface area contributed by atoms with Gasteiger partial charge in [-0.3, -0.25) is 9.80 Å². The fraction of sp³-hybridized carbons (Fsp3) is 0.333. The maximum absolute atomic E-state index is 10.9. The summed E-state index contributed by atoms with van der Waals surface area (Å²) in [4.78, 5) is 10.9. The quantitative estimate of drug-likeness (QED) is 0.423. The van der Waals surface area contributed by atoms with E-state index >= 15 is 0 Å². The molecule has 0 saturated carbocycles. The summed E-state index contributed by atoms with van der Waals surface area (Å²) in [7, 11) is 1.90. The van der Waals surface area contributed by atoms with Gasteiger partial charge in [0.05, 0.1) is 6.04 Å². The van der Waals surface area contributed by atoms with Crippen LogP contribution in [0.15, 0.2) is 95.8 Å². The minimum Gasteiger partial charge on any atom is -0.388 e. The number of nitrogens with zero attached hydrogens (tertiary/aromatic N) is 2. The van der Waals surface area contributed by atoms with Crippen molar-refractivity contribution in [2.75, 3.05) is 13.6 Å². The van der Waals surface area contributed by atoms with Gasteiger partial charge < -0.3 is 5.32 Å². The number of hydrogen-bond acceptors (Lipinski definition) is 4. The summed E-state index contributed by atoms with van der Waals surface area (Å²) in [5.74, 6) is 0. The predicted molar refractivity (Wildman–Crippen MR) is 132 cm³/mol. The van der Waals surface area contributed by atoms with Crippen LogP contribution in [-0.4, -0.2) is 30.6 Å². The lowest BCUT2D eigenvalue weighted by molar-refractivity contribution is -0.102. The molecule has 0 spiro atoms. The van der Waals surface area contributed by atoms with Gasteiger partial charge in [-0.1, -0.05) is 93.1 Å². The molecule has 4 nitrogen and oxygen atoms in total. The Morgan fingerprint density at radius 2 is 1.97 bits per heavy atom. The summed E-state index contributed by atoms with van der Waals surface area (Å²) in [6.45, 7) is 10.8. The number of benzene rings is 1. The van der Waals surface area contributed by atoms with Crippen molar-refractivity contribution >= 4 is 12.0 Å². The smallest absolute Gasteiger partial charge is 0.166 e. The highest BCUT2D eigenvalue weighted by atomic mass is 16.1. The molecule has 0 aromatic heterocycles. The Morgan fingerprint density at radius 3 is 2.61 bits per heavy atom. The van der Waals surface area contributed by atoms with Crippen molar-refractivity contribution < 1.29 is 4.79 Å². The van der Waals surface area contributed by atoms with Crippen molar-refractivity contribution in [3.05, 3.63) is 96.3 Å². The van der Waals surface area contributed by atoms with E-state index < -0.39 is 0 Å². The molecular formula is C27H35N3O. The van der Waals surface area contributed by atoms with E-state index in [1.807, 2.05) is 49.6 Å². The van der Waals surface area contributed by atoms with Crippen molar-refractivity contribution in [1.82, 2.24) is 10.3 Å². The second kappa shape index (κ2) is 13.2. The standard InChI is InChI=1S/C15H20N2O.C12H15N/c1-2-3-7-10-17-15(11-14(12-18)16-17)13-8-5-4-6-9-13;1-4-12(13-3)11-8-6-5-7-10(2)9-11/h4-6,8-9,12,15H,2-3,7,10-11H2,1H3;4-8,13H,1-2,9H2,3H3/b;12-11+. The first-order valence-electron chi connectivity index (χ1n) is 11.0. The molecule has 2 aliphatic rings. The van der Waals surface area contributed by atoms with Gasteiger partial charge >= 0.3 is 0 Å². The zero-order valence-electron chi connectivity index (χ0n) is 18.9. The number of unbranched alkanes of at least 4 members (excludes halogenated alkanes) is 2. The van der Waals surface area contributed by atoms with Crippen molar-refractivity contribution in [1.29, 1.82) is 0 Å². The number of rotatable bonds is 8. The van der Waals surface area contributed by atoms with Crippen molar-refractivity contribution in [3.8, 4) is 0 Å². The van der Waals surface area contributed by atoms with E-state index in [2.05, 4.69) is 53.7 Å². The Hall–Kier alpha value is -3.14. The van der Waals surface area contributed by atoms with Gasteiger partial charge in [-0.2, -0.15) is 5.10 Å². The summed E-state index contributed by atoms with van der Waals surface area (Å²) < 4.78 is 0. The van der Waals surface area contributed by atoms with Gasteiger partial charge in [0.2, 0.25) is 0 Å². The van der Waals surface area contributed by atoms with Gasteiger partial charge in [-0.15, -0.1) is 0 Å². The average Bonchev–Trinajstić information content (AvgIpc) is 3.09. The van der Waals surface area contributed by atoms with Crippen LogP contribution in [0.1, 0.15) is 50.6 Å². The molecule has 1 aliphatic carbocycles. The first-order valence-corrected chi connectivity index (χ1v) is 11.0. The molecule has 1 aromatic rings. The predicted octanol–water partition coefficient (Wildman–Crippen LogP) is 5.90. The molecule has 0 amide bonds. The van der Waals surface area contributed by atoms with Crippen LogP contribution in [0.3, 0.4) is 0 Å². The third kappa shape index (κ3) is 7.56. The van der Waals surface area contributed by atoms with Crippen LogP contribution in [0.4, 0.5) is 0 Å². The molecule has 0 saturated heterocycles. The topological polar surface area (TPSA) is 44.7 Å². The minimum absolute atomic E-state index is 0.239. The largest absolute Gasteiger partial charge is 0.388 e. The first kappa shape index (κ1) is 24.1. The van der Waals surface area contributed by atoms with Gasteiger partial charge in [0.15, 0.2) is 6.29 Å². The van der Waals surface area contributed by atoms with E-state index in [9.17, 15) is 4.79 Å². The van der Waals surface area contributed by atoms with Crippen LogP contribution in [0, 0.1) is 0 Å². The Kier molecular flexibility index (Phi) is 10.3. The summed E-state index contributed by atoms with van der Waals surface area (Å²) in [6.07, 6.45) is 16.0. The molecule has 164 valence electrons. The van der Waals surface area contributed by atoms with Crippen molar-refractivity contribution in [2.45, 2.75) is 45.1 Å². The summed E-state index contributed by atoms with van der Waals surface area (Å²) in [6, 6.07) is 10.6. The van der Waals surface area contributed by atoms with E-state index in [1.54, 1.807) is 0 Å². The molecule has 0 bridgehead atoms. The second-order valence-electron chi connectivity index (χ2n) is 7.66. The molecular weight excluding hydrogens is 382 g/mol. The number of carbonyl (C=O) groups excluding carboxylic acids is 1. The van der Waals surface area contributed by atoms with E-state index in [-0.39, 0.29) is 6.04 Å². The molecule has 1 aliphatic heterocycles. The summed E-state index contributed by atoms with van der Waals surface area (Å²) in [5, 5.41) is 9.61. The number of allylic oxidation sites excluding steroid dienone is 7. The average molecular weight is 418 g/mol.